The van der Waals surface area contributed by atoms with Crippen molar-refractivity contribution in [2.75, 3.05) is 0 Å². The second-order valence-corrected chi connectivity index (χ2v) is 4.70. The fourth-order valence-electron chi connectivity index (χ4n) is 1.17. The lowest BCUT2D eigenvalue weighted by molar-refractivity contribution is 0.779. The minimum Gasteiger partial charge on any atom is -0.275 e. The topological polar surface area (TPSA) is 17.8 Å². The van der Waals surface area contributed by atoms with Crippen LogP contribution in [-0.2, 0) is 7.05 Å². The molecule has 0 spiro atoms. The lowest BCUT2D eigenvalue weighted by Gasteiger charge is -1.93. The number of fused-ring (bicyclic) bond motifs is 1. The molecular formula is C8H6BrIN2. The van der Waals surface area contributed by atoms with Crippen LogP contribution in [0.25, 0.3) is 10.9 Å². The Labute approximate surface area is 92.2 Å². The minimum absolute atomic E-state index is 1.04. The van der Waals surface area contributed by atoms with E-state index in [2.05, 4.69) is 49.7 Å². The summed E-state index contributed by atoms with van der Waals surface area (Å²) >= 11 is 5.75. The number of benzene rings is 1. The molecule has 2 rings (SSSR count). The van der Waals surface area contributed by atoms with Crippen LogP contribution in [0.4, 0.5) is 0 Å². The molecule has 12 heavy (non-hydrogen) atoms. The molecule has 1 aromatic heterocycles. The third-order valence-corrected chi connectivity index (χ3v) is 3.00. The van der Waals surface area contributed by atoms with Gasteiger partial charge in [-0.2, -0.15) is 5.10 Å². The van der Waals surface area contributed by atoms with Crippen molar-refractivity contribution in [2.45, 2.75) is 0 Å². The maximum absolute atomic E-state index is 4.32. The summed E-state index contributed by atoms with van der Waals surface area (Å²) < 4.78 is 4.14. The zero-order chi connectivity index (χ0) is 8.72. The van der Waals surface area contributed by atoms with Crippen molar-refractivity contribution in [3.8, 4) is 0 Å². The van der Waals surface area contributed by atoms with E-state index in [9.17, 15) is 0 Å². The summed E-state index contributed by atoms with van der Waals surface area (Å²) in [5.41, 5.74) is 1.04. The number of hydrogen-bond donors (Lipinski definition) is 0. The molecule has 0 N–H and O–H groups in total. The van der Waals surface area contributed by atoms with E-state index in [0.717, 1.165) is 9.99 Å². The fraction of sp³-hybridized carbons (Fsp3) is 0.125. The van der Waals surface area contributed by atoms with Crippen molar-refractivity contribution in [2.24, 2.45) is 7.05 Å². The van der Waals surface area contributed by atoms with E-state index in [0.29, 0.717) is 0 Å². The van der Waals surface area contributed by atoms with Crippen LogP contribution in [0.3, 0.4) is 0 Å². The molecule has 2 nitrogen and oxygen atoms in total. The van der Waals surface area contributed by atoms with E-state index >= 15 is 0 Å². The van der Waals surface area contributed by atoms with E-state index in [1.165, 1.54) is 8.96 Å². The first kappa shape index (κ1) is 8.50. The summed E-state index contributed by atoms with van der Waals surface area (Å²) in [7, 11) is 1.93. The highest BCUT2D eigenvalue weighted by atomic mass is 127. The normalized spacial score (nSPS) is 10.9. The molecule has 0 bridgehead atoms. The van der Waals surface area contributed by atoms with Crippen molar-refractivity contribution in [3.63, 3.8) is 0 Å². The summed E-state index contributed by atoms with van der Waals surface area (Å²) in [5.74, 6) is 0. The number of rotatable bonds is 0. The van der Waals surface area contributed by atoms with Gasteiger partial charge in [-0.15, -0.1) is 0 Å². The fourth-order valence-corrected chi connectivity index (χ4v) is 2.79. The zero-order valence-corrected chi connectivity index (χ0v) is 10.1. The first-order chi connectivity index (χ1) is 5.66. The van der Waals surface area contributed by atoms with E-state index in [1.54, 1.807) is 0 Å². The molecule has 1 heterocycles. The molecule has 0 saturated carbocycles. The van der Waals surface area contributed by atoms with Gasteiger partial charge in [0.05, 0.1) is 5.52 Å². The predicted octanol–water partition coefficient (Wildman–Crippen LogP) is 2.94. The van der Waals surface area contributed by atoms with Crippen LogP contribution in [-0.4, -0.2) is 9.78 Å². The Morgan fingerprint density at radius 1 is 1.50 bits per heavy atom. The first-order valence-electron chi connectivity index (χ1n) is 3.45. The number of halogens is 2. The van der Waals surface area contributed by atoms with Gasteiger partial charge < -0.3 is 0 Å². The van der Waals surface area contributed by atoms with Gasteiger partial charge in [0.15, 0.2) is 0 Å². The molecule has 4 heteroatoms. The molecular weight excluding hydrogens is 331 g/mol. The van der Waals surface area contributed by atoms with E-state index < -0.39 is 0 Å². The van der Waals surface area contributed by atoms with Gasteiger partial charge in [-0.25, -0.2) is 0 Å². The monoisotopic (exact) mass is 336 g/mol. The molecule has 0 amide bonds. The van der Waals surface area contributed by atoms with Gasteiger partial charge in [0, 0.05) is 26.7 Å². The molecule has 2 aromatic rings. The minimum atomic E-state index is 1.04. The van der Waals surface area contributed by atoms with Crippen LogP contribution >= 0.6 is 38.5 Å². The van der Waals surface area contributed by atoms with Crippen LogP contribution in [0.1, 0.15) is 0 Å². The summed E-state index contributed by atoms with van der Waals surface area (Å²) in [4.78, 5) is 0. The third kappa shape index (κ3) is 1.37. The summed E-state index contributed by atoms with van der Waals surface area (Å²) in [6, 6.07) is 4.11. The molecule has 0 atom stereocenters. The highest BCUT2D eigenvalue weighted by molar-refractivity contribution is 14.1. The average molecular weight is 337 g/mol. The largest absolute Gasteiger partial charge is 0.275 e. The second kappa shape index (κ2) is 2.99. The van der Waals surface area contributed by atoms with Gasteiger partial charge in [-0.05, 0) is 34.7 Å². The number of hydrogen-bond acceptors (Lipinski definition) is 1. The van der Waals surface area contributed by atoms with Gasteiger partial charge in [-0.1, -0.05) is 15.9 Å². The maximum Gasteiger partial charge on any atom is 0.0945 e. The molecule has 0 fully saturated rings. The quantitative estimate of drug-likeness (QED) is 0.676. The lowest BCUT2D eigenvalue weighted by atomic mass is 10.3. The Hall–Kier alpha value is -0.100. The van der Waals surface area contributed by atoms with Crippen LogP contribution < -0.4 is 0 Å². The highest BCUT2D eigenvalue weighted by Crippen LogP contribution is 2.24. The van der Waals surface area contributed by atoms with Crippen molar-refractivity contribution in [3.05, 3.63) is 26.4 Å². The van der Waals surface area contributed by atoms with Gasteiger partial charge in [-0.3, -0.25) is 4.68 Å². The van der Waals surface area contributed by atoms with Crippen LogP contribution in [0.15, 0.2) is 22.8 Å². The molecule has 0 aliphatic carbocycles. The molecule has 0 aliphatic rings. The van der Waals surface area contributed by atoms with Crippen molar-refractivity contribution < 1.29 is 0 Å². The van der Waals surface area contributed by atoms with Crippen LogP contribution in [0, 0.1) is 3.57 Å². The van der Waals surface area contributed by atoms with Crippen molar-refractivity contribution in [1.29, 1.82) is 0 Å². The van der Waals surface area contributed by atoms with Gasteiger partial charge in [0.2, 0.25) is 0 Å². The van der Waals surface area contributed by atoms with Crippen LogP contribution in [0.5, 0.6) is 0 Å². The van der Waals surface area contributed by atoms with Crippen molar-refractivity contribution in [1.82, 2.24) is 9.78 Å². The molecule has 62 valence electrons. The second-order valence-electron chi connectivity index (χ2n) is 2.62. The predicted molar refractivity (Wildman–Crippen MR) is 61.1 cm³/mol. The summed E-state index contributed by atoms with van der Waals surface area (Å²) in [5, 5.41) is 5.53. The smallest absolute Gasteiger partial charge is 0.0945 e. The number of aromatic nitrogens is 2. The van der Waals surface area contributed by atoms with Crippen molar-refractivity contribution >= 4 is 49.4 Å². The Kier molecular flexibility index (Phi) is 2.12. The molecule has 0 unspecified atom stereocenters. The first-order valence-corrected chi connectivity index (χ1v) is 5.32. The molecule has 0 aliphatic heterocycles. The highest BCUT2D eigenvalue weighted by Gasteiger charge is 2.03. The average Bonchev–Trinajstić information content (AvgIpc) is 2.29. The standard InChI is InChI=1S/C8H6BrIN2/c1-12-4-6-7(10)2-5(9)3-8(6)11-12/h2-4H,1H3. The summed E-state index contributed by atoms with van der Waals surface area (Å²) in [6.07, 6.45) is 2.03. The van der Waals surface area contributed by atoms with Crippen LogP contribution in [0.2, 0.25) is 0 Å². The summed E-state index contributed by atoms with van der Waals surface area (Å²) in [6.45, 7) is 0. The Morgan fingerprint density at radius 2 is 2.25 bits per heavy atom. The zero-order valence-electron chi connectivity index (χ0n) is 6.38. The molecule has 0 radical (unpaired) electrons. The van der Waals surface area contributed by atoms with Gasteiger partial charge >= 0.3 is 0 Å². The number of nitrogens with zero attached hydrogens (tertiary/aromatic N) is 2. The van der Waals surface area contributed by atoms with E-state index in [4.69, 9.17) is 0 Å². The molecule has 0 saturated heterocycles. The SMILES string of the molecule is Cn1cc2c(I)cc(Br)cc2n1. The Bertz CT molecular complexity index is 436. The Balaban J connectivity index is 2.88. The van der Waals surface area contributed by atoms with E-state index in [-0.39, 0.29) is 0 Å². The van der Waals surface area contributed by atoms with E-state index in [1.807, 2.05) is 24.0 Å². The maximum atomic E-state index is 4.32. The Morgan fingerprint density at radius 3 is 3.00 bits per heavy atom. The molecule has 1 aromatic carbocycles. The van der Waals surface area contributed by atoms with Gasteiger partial charge in [0.25, 0.3) is 0 Å². The lowest BCUT2D eigenvalue weighted by Crippen LogP contribution is -1.84. The van der Waals surface area contributed by atoms with Gasteiger partial charge in [0.1, 0.15) is 0 Å². The number of aryl methyl sites for hydroxylation is 1. The third-order valence-electron chi connectivity index (χ3n) is 1.65.